The highest BCUT2D eigenvalue weighted by Crippen LogP contribution is 2.26. The number of benzene rings is 2. The Bertz CT molecular complexity index is 1080. The number of likely N-dealkylation sites (tertiary alicyclic amines) is 1. The van der Waals surface area contributed by atoms with E-state index >= 15 is 0 Å². The molecule has 7 nitrogen and oxygen atoms in total. The van der Waals surface area contributed by atoms with Crippen molar-refractivity contribution in [2.75, 3.05) is 19.0 Å². The molecule has 0 spiro atoms. The smallest absolute Gasteiger partial charge is 0.275 e. The van der Waals surface area contributed by atoms with Gasteiger partial charge >= 0.3 is 0 Å². The van der Waals surface area contributed by atoms with Crippen LogP contribution in [0.2, 0.25) is 0 Å². The lowest BCUT2D eigenvalue weighted by molar-refractivity contribution is -0.122. The van der Waals surface area contributed by atoms with Crippen molar-refractivity contribution in [3.8, 4) is 16.3 Å². The number of hydrogen-bond donors (Lipinski definition) is 2. The number of nitrogens with one attached hydrogen (secondary N) is 1. The van der Waals surface area contributed by atoms with Crippen LogP contribution in [0.3, 0.4) is 0 Å². The maximum Gasteiger partial charge on any atom is 0.275 e. The third-order valence-corrected chi connectivity index (χ3v) is 6.23. The largest absolute Gasteiger partial charge is 0.497 e. The molecule has 8 heteroatoms. The summed E-state index contributed by atoms with van der Waals surface area (Å²) in [5.74, 6) is 0.233. The van der Waals surface area contributed by atoms with Crippen molar-refractivity contribution in [3.63, 3.8) is 0 Å². The minimum Gasteiger partial charge on any atom is -0.497 e. The van der Waals surface area contributed by atoms with E-state index in [1.165, 1.54) is 11.3 Å². The summed E-state index contributed by atoms with van der Waals surface area (Å²) in [5.41, 5.74) is 8.52. The van der Waals surface area contributed by atoms with E-state index < -0.39 is 0 Å². The van der Waals surface area contributed by atoms with Gasteiger partial charge in [-0.2, -0.15) is 0 Å². The summed E-state index contributed by atoms with van der Waals surface area (Å²) in [5, 5.41) is 5.44. The average Bonchev–Trinajstić information content (AvgIpc) is 3.44. The van der Waals surface area contributed by atoms with Gasteiger partial charge in [0.1, 0.15) is 16.5 Å². The Hall–Kier alpha value is -3.23. The summed E-state index contributed by atoms with van der Waals surface area (Å²) in [6.07, 6.45) is 1.76. The molecule has 1 aliphatic rings. The fraction of sp³-hybridized carbons (Fsp3) is 0.261. The fourth-order valence-corrected chi connectivity index (χ4v) is 4.57. The second-order valence-electron chi connectivity index (χ2n) is 7.45. The molecule has 2 heterocycles. The Morgan fingerprint density at radius 2 is 2.06 bits per heavy atom. The molecule has 1 aromatic heterocycles. The molecule has 160 valence electrons. The van der Waals surface area contributed by atoms with E-state index in [4.69, 9.17) is 10.5 Å². The summed E-state index contributed by atoms with van der Waals surface area (Å²) in [4.78, 5) is 30.9. The predicted octanol–water partition coefficient (Wildman–Crippen LogP) is 3.52. The van der Waals surface area contributed by atoms with Gasteiger partial charge in [-0.15, -0.1) is 11.3 Å². The molecule has 1 saturated heterocycles. The Kier molecular flexibility index (Phi) is 6.29. The van der Waals surface area contributed by atoms with Gasteiger partial charge in [0.2, 0.25) is 5.91 Å². The molecular weight excluding hydrogens is 412 g/mol. The molecule has 31 heavy (non-hydrogen) atoms. The van der Waals surface area contributed by atoms with E-state index in [-0.39, 0.29) is 17.9 Å². The van der Waals surface area contributed by atoms with Crippen LogP contribution < -0.4 is 15.8 Å². The van der Waals surface area contributed by atoms with Crippen molar-refractivity contribution in [1.82, 2.24) is 9.88 Å². The number of carbonyl (C=O) groups excluding carboxylic acids is 2. The molecule has 2 aromatic carbocycles. The zero-order valence-electron chi connectivity index (χ0n) is 17.2. The van der Waals surface area contributed by atoms with Gasteiger partial charge in [-0.3, -0.25) is 14.5 Å². The van der Waals surface area contributed by atoms with Gasteiger partial charge in [-0.25, -0.2) is 4.98 Å². The molecule has 3 aromatic rings. The second kappa shape index (κ2) is 9.28. The Morgan fingerprint density at radius 1 is 1.26 bits per heavy atom. The second-order valence-corrected chi connectivity index (χ2v) is 8.31. The fourth-order valence-electron chi connectivity index (χ4n) is 3.76. The van der Waals surface area contributed by atoms with Crippen LogP contribution in [0.4, 0.5) is 5.69 Å². The van der Waals surface area contributed by atoms with Gasteiger partial charge in [0, 0.05) is 23.2 Å². The molecule has 0 radical (unpaired) electrons. The lowest BCUT2D eigenvalue weighted by atomic mass is 10.1. The average molecular weight is 437 g/mol. The number of hydrogen-bond acceptors (Lipinski definition) is 6. The van der Waals surface area contributed by atoms with Crippen LogP contribution in [0.5, 0.6) is 5.75 Å². The lowest BCUT2D eigenvalue weighted by Gasteiger charge is -2.22. The normalized spacial score (nSPS) is 16.2. The highest BCUT2D eigenvalue weighted by atomic mass is 32.1. The maximum atomic E-state index is 12.7. The number of aromatic nitrogens is 1. The molecule has 4 rings (SSSR count). The van der Waals surface area contributed by atoms with Crippen molar-refractivity contribution < 1.29 is 14.3 Å². The van der Waals surface area contributed by atoms with Crippen LogP contribution in [0.1, 0.15) is 28.9 Å². The molecule has 1 unspecified atom stereocenters. The van der Waals surface area contributed by atoms with Crippen molar-refractivity contribution in [2.24, 2.45) is 5.73 Å². The van der Waals surface area contributed by atoms with Crippen molar-refractivity contribution in [2.45, 2.75) is 25.4 Å². The van der Waals surface area contributed by atoms with Crippen LogP contribution in [0.15, 0.2) is 53.9 Å². The molecule has 2 amide bonds. The first-order chi connectivity index (χ1) is 15.0. The predicted molar refractivity (Wildman–Crippen MR) is 121 cm³/mol. The maximum absolute atomic E-state index is 12.7. The molecule has 0 aliphatic carbocycles. The SMILES string of the molecule is COc1ccc(-c2nc(C(=O)Nc3cccc(CN4CCCC4C(N)=O)c3)cs2)cc1. The van der Waals surface area contributed by atoms with Crippen molar-refractivity contribution in [3.05, 3.63) is 65.2 Å². The topological polar surface area (TPSA) is 97.6 Å². The zero-order chi connectivity index (χ0) is 21.8. The van der Waals surface area contributed by atoms with Crippen LogP contribution >= 0.6 is 11.3 Å². The summed E-state index contributed by atoms with van der Waals surface area (Å²) in [6, 6.07) is 15.0. The molecule has 1 aliphatic heterocycles. The number of carbonyl (C=O) groups is 2. The molecule has 1 fully saturated rings. The van der Waals surface area contributed by atoms with Crippen LogP contribution in [0, 0.1) is 0 Å². The van der Waals surface area contributed by atoms with E-state index in [2.05, 4.69) is 15.2 Å². The van der Waals surface area contributed by atoms with Gasteiger partial charge in [0.15, 0.2) is 0 Å². The quantitative estimate of drug-likeness (QED) is 0.591. The third-order valence-electron chi connectivity index (χ3n) is 5.34. The number of ether oxygens (including phenoxy) is 1. The summed E-state index contributed by atoms with van der Waals surface area (Å²) in [7, 11) is 1.62. The van der Waals surface area contributed by atoms with Crippen molar-refractivity contribution >= 4 is 28.8 Å². The van der Waals surface area contributed by atoms with Crippen LogP contribution in [-0.2, 0) is 11.3 Å². The Morgan fingerprint density at radius 3 is 2.81 bits per heavy atom. The minimum atomic E-state index is -0.279. The highest BCUT2D eigenvalue weighted by molar-refractivity contribution is 7.13. The Balaban J connectivity index is 1.42. The van der Waals surface area contributed by atoms with E-state index in [1.54, 1.807) is 12.5 Å². The van der Waals surface area contributed by atoms with Crippen LogP contribution in [0.25, 0.3) is 10.6 Å². The van der Waals surface area contributed by atoms with E-state index in [1.807, 2.05) is 48.5 Å². The molecule has 1 atom stereocenters. The number of methoxy groups -OCH3 is 1. The molecule has 3 N–H and O–H groups in total. The number of amides is 2. The van der Waals surface area contributed by atoms with Gasteiger partial charge in [-0.1, -0.05) is 12.1 Å². The summed E-state index contributed by atoms with van der Waals surface area (Å²) < 4.78 is 5.18. The molecule has 0 saturated carbocycles. The number of rotatable bonds is 7. The van der Waals surface area contributed by atoms with E-state index in [0.29, 0.717) is 17.9 Å². The Labute approximate surface area is 184 Å². The summed E-state index contributed by atoms with van der Waals surface area (Å²) in [6.45, 7) is 1.47. The van der Waals surface area contributed by atoms with Gasteiger partial charge in [-0.05, 0) is 61.3 Å². The first-order valence-electron chi connectivity index (χ1n) is 10.1. The van der Waals surface area contributed by atoms with Gasteiger partial charge in [0.05, 0.1) is 13.2 Å². The highest BCUT2D eigenvalue weighted by Gasteiger charge is 2.28. The molecule has 0 bridgehead atoms. The monoisotopic (exact) mass is 436 g/mol. The number of anilines is 1. The van der Waals surface area contributed by atoms with Gasteiger partial charge < -0.3 is 15.8 Å². The third kappa shape index (κ3) is 4.92. The van der Waals surface area contributed by atoms with Crippen molar-refractivity contribution in [1.29, 1.82) is 0 Å². The number of nitrogens with two attached hydrogens (primary N) is 1. The molecular formula is C23H24N4O3S. The van der Waals surface area contributed by atoms with Crippen LogP contribution in [-0.4, -0.2) is 41.4 Å². The first-order valence-corrected chi connectivity index (χ1v) is 10.9. The van der Waals surface area contributed by atoms with Gasteiger partial charge in [0.25, 0.3) is 5.91 Å². The summed E-state index contributed by atoms with van der Waals surface area (Å²) >= 11 is 1.42. The first kappa shape index (κ1) is 21.0. The standard InChI is InChI=1S/C23H24N4O3S/c1-30-18-9-7-16(8-10-18)23-26-19(14-31-23)22(29)25-17-5-2-4-15(12-17)13-27-11-3-6-20(27)21(24)28/h2,4-5,7-10,12,14,20H,3,6,11,13H2,1H3,(H2,24,28)(H,25,29). The number of thiazole rings is 1. The van der Waals surface area contributed by atoms with E-state index in [9.17, 15) is 9.59 Å². The lowest BCUT2D eigenvalue weighted by Crippen LogP contribution is -2.39. The zero-order valence-corrected chi connectivity index (χ0v) is 18.0. The number of nitrogens with zero attached hydrogens (tertiary/aromatic N) is 2. The minimum absolute atomic E-state index is 0.218. The van der Waals surface area contributed by atoms with E-state index in [0.717, 1.165) is 41.3 Å². The number of primary amides is 1.